The number of nitrogens with zero attached hydrogens (tertiary/aromatic N) is 2. The van der Waals surface area contributed by atoms with Crippen molar-refractivity contribution in [2.45, 2.75) is 12.4 Å². The van der Waals surface area contributed by atoms with E-state index < -0.39 is 29.6 Å². The third kappa shape index (κ3) is 4.50. The minimum Gasteiger partial charge on any atom is -0.508 e. The molecule has 0 fully saturated rings. The Labute approximate surface area is 159 Å². The van der Waals surface area contributed by atoms with Gasteiger partial charge in [0.1, 0.15) is 11.4 Å². The molecule has 0 atom stereocenters. The Hall–Kier alpha value is -3.50. The zero-order chi connectivity index (χ0) is 21.4. The fraction of sp³-hybridized carbons (Fsp3) is 0.111. The van der Waals surface area contributed by atoms with Gasteiger partial charge in [-0.25, -0.2) is 4.68 Å². The van der Waals surface area contributed by atoms with Gasteiger partial charge in [0.15, 0.2) is 5.69 Å². The molecule has 0 unspecified atom stereocenters. The molecule has 29 heavy (non-hydrogen) atoms. The van der Waals surface area contributed by atoms with Crippen LogP contribution >= 0.6 is 0 Å². The van der Waals surface area contributed by atoms with Crippen molar-refractivity contribution in [3.63, 3.8) is 0 Å². The topological polar surface area (TPSA) is 67.2 Å². The first-order chi connectivity index (χ1) is 13.4. The van der Waals surface area contributed by atoms with Gasteiger partial charge in [-0.05, 0) is 42.5 Å². The largest absolute Gasteiger partial charge is 0.508 e. The predicted molar refractivity (Wildman–Crippen MR) is 89.6 cm³/mol. The zero-order valence-corrected chi connectivity index (χ0v) is 14.2. The van der Waals surface area contributed by atoms with Crippen molar-refractivity contribution in [3.8, 4) is 11.4 Å². The van der Waals surface area contributed by atoms with Gasteiger partial charge >= 0.3 is 12.4 Å². The number of phenolic OH excluding ortho intramolecular Hbond substituents is 1. The molecule has 152 valence electrons. The summed E-state index contributed by atoms with van der Waals surface area (Å²) in [5.41, 5.74) is -3.22. The molecule has 0 radical (unpaired) electrons. The highest BCUT2D eigenvalue weighted by Crippen LogP contribution is 2.36. The number of rotatable bonds is 3. The summed E-state index contributed by atoms with van der Waals surface area (Å²) in [6.45, 7) is 0. The number of hydrogen-bond acceptors (Lipinski definition) is 3. The van der Waals surface area contributed by atoms with Gasteiger partial charge in [0.2, 0.25) is 0 Å². The first kappa shape index (κ1) is 20.2. The van der Waals surface area contributed by atoms with Crippen LogP contribution in [0.25, 0.3) is 5.69 Å². The molecule has 0 aliphatic heterocycles. The maximum absolute atomic E-state index is 13.1. The van der Waals surface area contributed by atoms with Crippen LogP contribution in [-0.4, -0.2) is 20.8 Å². The molecule has 5 nitrogen and oxygen atoms in total. The van der Waals surface area contributed by atoms with E-state index in [4.69, 9.17) is 0 Å². The van der Waals surface area contributed by atoms with E-state index in [9.17, 15) is 36.2 Å². The van der Waals surface area contributed by atoms with Gasteiger partial charge in [-0.3, -0.25) is 4.79 Å². The SMILES string of the molecule is O=C(Nc1ccc(-n2nc(C(F)(F)F)cc2C(F)(F)F)cc1)c1cccc(O)c1. The van der Waals surface area contributed by atoms with E-state index in [1.807, 2.05) is 0 Å². The zero-order valence-electron chi connectivity index (χ0n) is 14.2. The Balaban J connectivity index is 1.89. The number of aromatic hydroxyl groups is 1. The van der Waals surface area contributed by atoms with Crippen molar-refractivity contribution in [1.82, 2.24) is 9.78 Å². The second-order valence-electron chi connectivity index (χ2n) is 5.87. The first-order valence-corrected chi connectivity index (χ1v) is 7.90. The lowest BCUT2D eigenvalue weighted by atomic mass is 10.2. The molecule has 0 bridgehead atoms. The molecule has 1 aromatic heterocycles. The van der Waals surface area contributed by atoms with Crippen LogP contribution in [0.1, 0.15) is 21.7 Å². The summed E-state index contributed by atoms with van der Waals surface area (Å²) in [5, 5.41) is 14.9. The number of anilines is 1. The Morgan fingerprint density at radius 2 is 1.59 bits per heavy atom. The third-order valence-corrected chi connectivity index (χ3v) is 3.77. The predicted octanol–water partition coefficient (Wildman–Crippen LogP) is 4.87. The van der Waals surface area contributed by atoms with Gasteiger partial charge in [-0.15, -0.1) is 0 Å². The number of halogens is 6. The number of benzene rings is 2. The number of aromatic nitrogens is 2. The lowest BCUT2D eigenvalue weighted by Gasteiger charge is -2.11. The highest BCUT2D eigenvalue weighted by Gasteiger charge is 2.42. The molecule has 0 aliphatic rings. The van der Waals surface area contributed by atoms with Crippen LogP contribution in [0.5, 0.6) is 5.75 Å². The summed E-state index contributed by atoms with van der Waals surface area (Å²) < 4.78 is 77.8. The lowest BCUT2D eigenvalue weighted by molar-refractivity contribution is -0.143. The van der Waals surface area contributed by atoms with Crippen molar-refractivity contribution >= 4 is 11.6 Å². The molecule has 0 spiro atoms. The van der Waals surface area contributed by atoms with Gasteiger partial charge in [0, 0.05) is 17.3 Å². The van der Waals surface area contributed by atoms with Crippen LogP contribution in [-0.2, 0) is 12.4 Å². The number of carbonyl (C=O) groups excluding carboxylic acids is 1. The quantitative estimate of drug-likeness (QED) is 0.600. The molecule has 0 saturated carbocycles. The van der Waals surface area contributed by atoms with Crippen LogP contribution in [0.15, 0.2) is 54.6 Å². The first-order valence-electron chi connectivity index (χ1n) is 7.90. The number of alkyl halides is 6. The molecular weight excluding hydrogens is 404 g/mol. The average Bonchev–Trinajstić information content (AvgIpc) is 3.08. The fourth-order valence-corrected chi connectivity index (χ4v) is 2.45. The van der Waals surface area contributed by atoms with E-state index >= 15 is 0 Å². The standard InChI is InChI=1S/C18H11F6N3O2/c19-17(20,21)14-9-15(18(22,23)24)27(26-14)12-6-4-11(5-7-12)25-16(29)10-2-1-3-13(28)8-10/h1-9,28H,(H,25,29). The van der Waals surface area contributed by atoms with Crippen molar-refractivity contribution < 1.29 is 36.2 Å². The van der Waals surface area contributed by atoms with E-state index in [1.54, 1.807) is 0 Å². The summed E-state index contributed by atoms with van der Waals surface area (Å²) in [6.07, 6.45) is -10.1. The van der Waals surface area contributed by atoms with Gasteiger partial charge in [0.25, 0.3) is 5.91 Å². The Morgan fingerprint density at radius 1 is 0.931 bits per heavy atom. The maximum Gasteiger partial charge on any atom is 0.435 e. The number of hydrogen-bond donors (Lipinski definition) is 2. The lowest BCUT2D eigenvalue weighted by Crippen LogP contribution is -2.14. The molecule has 0 saturated heterocycles. The summed E-state index contributed by atoms with van der Waals surface area (Å²) in [6, 6.07) is 9.98. The Kier molecular flexibility index (Phi) is 4.99. The molecule has 0 aliphatic carbocycles. The van der Waals surface area contributed by atoms with Crippen LogP contribution in [0.2, 0.25) is 0 Å². The third-order valence-electron chi connectivity index (χ3n) is 3.77. The molecule has 11 heteroatoms. The van der Waals surface area contributed by atoms with E-state index in [0.717, 1.165) is 12.1 Å². The van der Waals surface area contributed by atoms with E-state index in [1.165, 1.54) is 36.4 Å². The molecule has 3 rings (SSSR count). The van der Waals surface area contributed by atoms with Gasteiger partial charge in [-0.2, -0.15) is 31.4 Å². The minimum atomic E-state index is -5.06. The van der Waals surface area contributed by atoms with Gasteiger partial charge in [-0.1, -0.05) is 6.07 Å². The average molecular weight is 415 g/mol. The summed E-state index contributed by atoms with van der Waals surface area (Å²) >= 11 is 0. The highest BCUT2D eigenvalue weighted by molar-refractivity contribution is 6.04. The molecular formula is C18H11F6N3O2. The van der Waals surface area contributed by atoms with Crippen molar-refractivity contribution in [2.24, 2.45) is 0 Å². The minimum absolute atomic E-state index is 0.0719. The van der Waals surface area contributed by atoms with Crippen molar-refractivity contribution in [2.75, 3.05) is 5.32 Å². The van der Waals surface area contributed by atoms with E-state index in [2.05, 4.69) is 10.4 Å². The summed E-state index contributed by atoms with van der Waals surface area (Å²) in [4.78, 5) is 12.1. The molecule has 1 heterocycles. The van der Waals surface area contributed by atoms with Crippen LogP contribution in [0.3, 0.4) is 0 Å². The second kappa shape index (κ2) is 7.15. The Morgan fingerprint density at radius 3 is 2.14 bits per heavy atom. The summed E-state index contributed by atoms with van der Waals surface area (Å²) in [7, 11) is 0. The molecule has 3 aromatic rings. The molecule has 2 N–H and O–H groups in total. The molecule has 2 aromatic carbocycles. The number of carbonyl (C=O) groups is 1. The normalized spacial score (nSPS) is 12.1. The highest BCUT2D eigenvalue weighted by atomic mass is 19.4. The Bertz CT molecular complexity index is 1040. The van der Waals surface area contributed by atoms with E-state index in [0.29, 0.717) is 0 Å². The smallest absolute Gasteiger partial charge is 0.435 e. The van der Waals surface area contributed by atoms with Crippen LogP contribution in [0, 0.1) is 0 Å². The number of nitrogens with one attached hydrogen (secondary N) is 1. The maximum atomic E-state index is 13.1. The van der Waals surface area contributed by atoms with Crippen LogP contribution < -0.4 is 5.32 Å². The fourth-order valence-electron chi connectivity index (χ4n) is 2.45. The van der Waals surface area contributed by atoms with Crippen molar-refractivity contribution in [1.29, 1.82) is 0 Å². The van der Waals surface area contributed by atoms with Crippen molar-refractivity contribution in [3.05, 3.63) is 71.5 Å². The van der Waals surface area contributed by atoms with Gasteiger partial charge < -0.3 is 10.4 Å². The van der Waals surface area contributed by atoms with Crippen LogP contribution in [0.4, 0.5) is 32.0 Å². The number of phenols is 1. The van der Waals surface area contributed by atoms with Gasteiger partial charge in [0.05, 0.1) is 5.69 Å². The monoisotopic (exact) mass is 415 g/mol. The number of amides is 1. The van der Waals surface area contributed by atoms with E-state index in [-0.39, 0.29) is 33.4 Å². The molecule has 1 amide bonds. The summed E-state index contributed by atoms with van der Waals surface area (Å²) in [5.74, 6) is -0.727. The second-order valence-corrected chi connectivity index (χ2v) is 5.87.